The number of rotatable bonds is 6. The summed E-state index contributed by atoms with van der Waals surface area (Å²) in [4.78, 5) is 7.40. The SMILES string of the molecule is c1ccc(N(c2ccccc2)c2cccc(N(c3cccc4c3C3(c5ccccc5Sc5ccccc53)c3ccccc3-4)c3cccc4oc5ccccc5c34)c2)cc1. The van der Waals surface area contributed by atoms with Gasteiger partial charge >= 0.3 is 0 Å². The van der Waals surface area contributed by atoms with Gasteiger partial charge in [0.15, 0.2) is 0 Å². The van der Waals surface area contributed by atoms with E-state index in [1.54, 1.807) is 0 Å². The van der Waals surface area contributed by atoms with Crippen LogP contribution in [0.1, 0.15) is 22.3 Å². The molecule has 0 atom stereocenters. The first-order valence-electron chi connectivity index (χ1n) is 20.1. The molecule has 1 aliphatic carbocycles. The van der Waals surface area contributed by atoms with Crippen molar-refractivity contribution in [1.82, 2.24) is 0 Å². The van der Waals surface area contributed by atoms with Crippen molar-refractivity contribution in [2.24, 2.45) is 0 Å². The van der Waals surface area contributed by atoms with Crippen LogP contribution < -0.4 is 9.80 Å². The second-order valence-corrected chi connectivity index (χ2v) is 16.3. The molecule has 4 heteroatoms. The van der Waals surface area contributed by atoms with Crippen molar-refractivity contribution >= 4 is 67.8 Å². The molecule has 2 heterocycles. The number of hydrogen-bond donors (Lipinski definition) is 0. The van der Waals surface area contributed by atoms with Crippen LogP contribution in [-0.4, -0.2) is 0 Å². The van der Waals surface area contributed by atoms with Gasteiger partial charge in [-0.2, -0.15) is 0 Å². The highest BCUT2D eigenvalue weighted by Crippen LogP contribution is 2.65. The van der Waals surface area contributed by atoms with Gasteiger partial charge < -0.3 is 14.2 Å². The molecule has 0 saturated heterocycles. The van der Waals surface area contributed by atoms with Gasteiger partial charge in [0.05, 0.1) is 22.2 Å². The molecule has 0 bridgehead atoms. The molecule has 10 aromatic rings. The Morgan fingerprint density at radius 3 is 1.61 bits per heavy atom. The number of anilines is 6. The van der Waals surface area contributed by atoms with Gasteiger partial charge in [0.1, 0.15) is 11.2 Å². The lowest BCUT2D eigenvalue weighted by molar-refractivity contribution is 0.669. The van der Waals surface area contributed by atoms with Crippen molar-refractivity contribution in [2.75, 3.05) is 9.80 Å². The quantitative estimate of drug-likeness (QED) is 0.168. The van der Waals surface area contributed by atoms with Crippen LogP contribution in [0.4, 0.5) is 34.1 Å². The first-order chi connectivity index (χ1) is 29.3. The van der Waals surface area contributed by atoms with E-state index in [1.165, 1.54) is 43.2 Å². The summed E-state index contributed by atoms with van der Waals surface area (Å²) < 4.78 is 6.60. The number of nitrogens with zero attached hydrogens (tertiary/aromatic N) is 2. The minimum absolute atomic E-state index is 0.580. The first kappa shape index (κ1) is 33.8. The zero-order chi connectivity index (χ0) is 38.9. The van der Waals surface area contributed by atoms with E-state index in [-0.39, 0.29) is 0 Å². The predicted molar refractivity (Wildman–Crippen MR) is 245 cm³/mol. The summed E-state index contributed by atoms with van der Waals surface area (Å²) in [6, 6.07) is 79.2. The number of fused-ring (bicyclic) bond motifs is 12. The van der Waals surface area contributed by atoms with E-state index < -0.39 is 5.41 Å². The maximum absolute atomic E-state index is 6.60. The lowest BCUT2D eigenvalue weighted by Crippen LogP contribution is -2.33. The largest absolute Gasteiger partial charge is 0.456 e. The molecule has 1 aliphatic heterocycles. The maximum Gasteiger partial charge on any atom is 0.137 e. The molecule has 0 unspecified atom stereocenters. The molecule has 2 aliphatic rings. The van der Waals surface area contributed by atoms with E-state index in [0.29, 0.717) is 0 Å². The fourth-order valence-corrected chi connectivity index (χ4v) is 11.0. The van der Waals surface area contributed by atoms with Crippen molar-refractivity contribution in [3.8, 4) is 11.1 Å². The Morgan fingerprint density at radius 2 is 0.881 bits per heavy atom. The van der Waals surface area contributed by atoms with Gasteiger partial charge in [0.2, 0.25) is 0 Å². The summed E-state index contributed by atoms with van der Waals surface area (Å²) in [5.41, 5.74) is 15.3. The third kappa shape index (κ3) is 5.03. The van der Waals surface area contributed by atoms with Gasteiger partial charge in [-0.25, -0.2) is 0 Å². The lowest BCUT2D eigenvalue weighted by atomic mass is 9.66. The Hall–Kier alpha value is -7.27. The van der Waals surface area contributed by atoms with Crippen molar-refractivity contribution in [1.29, 1.82) is 0 Å². The van der Waals surface area contributed by atoms with Crippen LogP contribution in [0.5, 0.6) is 0 Å². The average molecular weight is 773 g/mol. The molecule has 0 fully saturated rings. The van der Waals surface area contributed by atoms with Crippen molar-refractivity contribution in [2.45, 2.75) is 15.2 Å². The van der Waals surface area contributed by atoms with E-state index in [9.17, 15) is 0 Å². The number of hydrogen-bond acceptors (Lipinski definition) is 4. The van der Waals surface area contributed by atoms with Crippen molar-refractivity contribution < 1.29 is 4.42 Å². The minimum Gasteiger partial charge on any atom is -0.456 e. The maximum atomic E-state index is 6.60. The molecule has 0 saturated carbocycles. The standard InChI is InChI=1S/C55H36N2OS/c1-3-18-37(19-4-1)56(38-20-5-2-6-21-38)39-22-15-23-40(36-39)57(47-30-17-33-50-53(47)43-25-8-12-32-49(43)58-50)48-31-16-26-42-41-24-7-9-27-44(41)55(54(42)48)45-28-10-13-34-51(45)59-52-35-14-11-29-46(52)55/h1-36H. The summed E-state index contributed by atoms with van der Waals surface area (Å²) in [5, 5.41) is 2.17. The van der Waals surface area contributed by atoms with Crippen molar-refractivity contribution in [3.63, 3.8) is 0 Å². The Balaban J connectivity index is 1.20. The normalized spacial score (nSPS) is 13.2. The van der Waals surface area contributed by atoms with Gasteiger partial charge in [0, 0.05) is 43.5 Å². The molecule has 0 radical (unpaired) electrons. The van der Waals surface area contributed by atoms with Gasteiger partial charge in [-0.05, 0) is 107 Å². The fourth-order valence-electron chi connectivity index (χ4n) is 9.80. The van der Waals surface area contributed by atoms with Crippen LogP contribution in [0.2, 0.25) is 0 Å². The zero-order valence-electron chi connectivity index (χ0n) is 32.0. The molecule has 1 aromatic heterocycles. The number of furan rings is 1. The predicted octanol–water partition coefficient (Wildman–Crippen LogP) is 15.4. The Bertz CT molecular complexity index is 3140. The Kier molecular flexibility index (Phi) is 7.69. The second-order valence-electron chi connectivity index (χ2n) is 15.2. The van der Waals surface area contributed by atoms with Gasteiger partial charge in [0.25, 0.3) is 0 Å². The minimum atomic E-state index is -0.580. The molecule has 278 valence electrons. The van der Waals surface area contributed by atoms with Gasteiger partial charge in [-0.15, -0.1) is 0 Å². The molecule has 0 N–H and O–H groups in total. The molecule has 0 amide bonds. The smallest absolute Gasteiger partial charge is 0.137 e. The molecule has 1 spiro atoms. The molecular formula is C55H36N2OS. The average Bonchev–Trinajstić information content (AvgIpc) is 3.83. The lowest BCUT2D eigenvalue weighted by Gasteiger charge is -2.42. The number of para-hydroxylation sites is 3. The summed E-state index contributed by atoms with van der Waals surface area (Å²) >= 11 is 1.87. The summed E-state index contributed by atoms with van der Waals surface area (Å²) in [5.74, 6) is 0. The van der Waals surface area contributed by atoms with Crippen molar-refractivity contribution in [3.05, 3.63) is 241 Å². The summed E-state index contributed by atoms with van der Waals surface area (Å²) in [6.07, 6.45) is 0. The third-order valence-electron chi connectivity index (χ3n) is 12.1. The van der Waals surface area contributed by atoms with Crippen LogP contribution in [0.3, 0.4) is 0 Å². The van der Waals surface area contributed by atoms with Gasteiger partial charge in [-0.1, -0.05) is 151 Å². The topological polar surface area (TPSA) is 19.6 Å². The number of benzene rings is 9. The molecule has 12 rings (SSSR count). The highest BCUT2D eigenvalue weighted by Gasteiger charge is 2.52. The van der Waals surface area contributed by atoms with E-state index in [2.05, 4.69) is 228 Å². The second kappa shape index (κ2) is 13.4. The molecule has 59 heavy (non-hydrogen) atoms. The highest BCUT2D eigenvalue weighted by molar-refractivity contribution is 7.99. The van der Waals surface area contributed by atoms with E-state index >= 15 is 0 Å². The molecular weight excluding hydrogens is 737 g/mol. The fraction of sp³-hybridized carbons (Fsp3) is 0.0182. The van der Waals surface area contributed by atoms with Crippen LogP contribution in [-0.2, 0) is 5.41 Å². The molecule has 9 aromatic carbocycles. The molecule has 3 nitrogen and oxygen atoms in total. The van der Waals surface area contributed by atoms with Crippen LogP contribution >= 0.6 is 11.8 Å². The Morgan fingerprint density at radius 1 is 0.373 bits per heavy atom. The highest BCUT2D eigenvalue weighted by atomic mass is 32.2. The van der Waals surface area contributed by atoms with E-state index in [0.717, 1.165) is 56.1 Å². The van der Waals surface area contributed by atoms with E-state index in [1.807, 2.05) is 11.8 Å². The van der Waals surface area contributed by atoms with E-state index in [4.69, 9.17) is 4.42 Å². The zero-order valence-corrected chi connectivity index (χ0v) is 32.8. The summed E-state index contributed by atoms with van der Waals surface area (Å²) in [7, 11) is 0. The van der Waals surface area contributed by atoms with Crippen LogP contribution in [0.25, 0.3) is 33.1 Å². The first-order valence-corrected chi connectivity index (χ1v) is 20.9. The van der Waals surface area contributed by atoms with Crippen LogP contribution in [0.15, 0.2) is 233 Å². The monoisotopic (exact) mass is 772 g/mol. The van der Waals surface area contributed by atoms with Crippen LogP contribution in [0, 0.1) is 0 Å². The summed E-state index contributed by atoms with van der Waals surface area (Å²) in [6.45, 7) is 0. The Labute approximate surface area is 347 Å². The van der Waals surface area contributed by atoms with Gasteiger partial charge in [-0.3, -0.25) is 0 Å². The third-order valence-corrected chi connectivity index (χ3v) is 13.2.